The van der Waals surface area contributed by atoms with E-state index in [0.29, 0.717) is 33.8 Å². The number of benzene rings is 1. The molecular formula is C11H8ClN5O. The third-order valence-electron chi connectivity index (χ3n) is 2.38. The van der Waals surface area contributed by atoms with E-state index >= 15 is 0 Å². The van der Waals surface area contributed by atoms with Gasteiger partial charge >= 0.3 is 0 Å². The average Bonchev–Trinajstić information content (AvgIpc) is 2.99. The molecule has 0 radical (unpaired) electrons. The third-order valence-corrected chi connectivity index (χ3v) is 2.62. The van der Waals surface area contributed by atoms with E-state index in [1.165, 1.54) is 0 Å². The summed E-state index contributed by atoms with van der Waals surface area (Å²) in [7, 11) is 0. The SMILES string of the molecule is Nc1cc(Cl)ccc1-c1nc(-c2ncc[nH]2)no1. The van der Waals surface area contributed by atoms with Crippen molar-refractivity contribution < 1.29 is 4.52 Å². The highest BCUT2D eigenvalue weighted by atomic mass is 35.5. The molecule has 0 saturated carbocycles. The van der Waals surface area contributed by atoms with Gasteiger partial charge in [-0.3, -0.25) is 0 Å². The molecule has 0 spiro atoms. The second kappa shape index (κ2) is 4.15. The molecule has 2 heterocycles. The fourth-order valence-corrected chi connectivity index (χ4v) is 1.73. The zero-order valence-electron chi connectivity index (χ0n) is 9.09. The summed E-state index contributed by atoms with van der Waals surface area (Å²) in [5.74, 6) is 1.25. The standard InChI is InChI=1S/C11H8ClN5O/c12-6-1-2-7(8(13)5-6)11-16-10(17-18-11)9-14-3-4-15-9/h1-5H,13H2,(H,14,15). The van der Waals surface area contributed by atoms with Crippen LogP contribution in [0.4, 0.5) is 5.69 Å². The van der Waals surface area contributed by atoms with E-state index in [-0.39, 0.29) is 0 Å². The molecular weight excluding hydrogens is 254 g/mol. The normalized spacial score (nSPS) is 10.7. The van der Waals surface area contributed by atoms with E-state index in [9.17, 15) is 0 Å². The Morgan fingerprint density at radius 2 is 2.22 bits per heavy atom. The summed E-state index contributed by atoms with van der Waals surface area (Å²) in [5, 5.41) is 4.39. The van der Waals surface area contributed by atoms with Crippen LogP contribution in [0.3, 0.4) is 0 Å². The van der Waals surface area contributed by atoms with Crippen LogP contribution in [0.25, 0.3) is 23.1 Å². The van der Waals surface area contributed by atoms with Crippen LogP contribution in [0.5, 0.6) is 0 Å². The lowest BCUT2D eigenvalue weighted by atomic mass is 10.2. The average molecular weight is 262 g/mol. The number of nitrogens with two attached hydrogens (primary N) is 1. The van der Waals surface area contributed by atoms with Gasteiger partial charge in [0.25, 0.3) is 5.89 Å². The van der Waals surface area contributed by atoms with Crippen molar-refractivity contribution in [3.05, 3.63) is 35.6 Å². The van der Waals surface area contributed by atoms with Gasteiger partial charge in [-0.2, -0.15) is 4.98 Å². The molecule has 0 atom stereocenters. The number of nitrogens with zero attached hydrogens (tertiary/aromatic N) is 3. The van der Waals surface area contributed by atoms with Gasteiger partial charge < -0.3 is 15.2 Å². The minimum absolute atomic E-state index is 0.329. The molecule has 0 bridgehead atoms. The molecule has 0 saturated heterocycles. The van der Waals surface area contributed by atoms with Crippen molar-refractivity contribution in [1.82, 2.24) is 20.1 Å². The summed E-state index contributed by atoms with van der Waals surface area (Å²) in [5.41, 5.74) is 6.97. The van der Waals surface area contributed by atoms with E-state index in [4.69, 9.17) is 21.9 Å². The first-order valence-electron chi connectivity index (χ1n) is 5.13. The van der Waals surface area contributed by atoms with Crippen molar-refractivity contribution in [3.8, 4) is 23.1 Å². The number of hydrogen-bond acceptors (Lipinski definition) is 5. The van der Waals surface area contributed by atoms with Crippen LogP contribution in [0.1, 0.15) is 0 Å². The summed E-state index contributed by atoms with van der Waals surface area (Å²) >= 11 is 5.83. The van der Waals surface area contributed by atoms with Crippen molar-refractivity contribution in [2.45, 2.75) is 0 Å². The first-order valence-corrected chi connectivity index (χ1v) is 5.50. The van der Waals surface area contributed by atoms with Crippen LogP contribution in [0.15, 0.2) is 35.1 Å². The Morgan fingerprint density at radius 1 is 1.33 bits per heavy atom. The summed E-state index contributed by atoms with van der Waals surface area (Å²) < 4.78 is 5.15. The topological polar surface area (TPSA) is 93.6 Å². The van der Waals surface area contributed by atoms with Gasteiger partial charge in [-0.05, 0) is 18.2 Å². The summed E-state index contributed by atoms with van der Waals surface area (Å²) in [4.78, 5) is 11.1. The van der Waals surface area contributed by atoms with Crippen molar-refractivity contribution >= 4 is 17.3 Å². The van der Waals surface area contributed by atoms with Gasteiger partial charge in [-0.15, -0.1) is 0 Å². The maximum Gasteiger partial charge on any atom is 0.260 e. The van der Waals surface area contributed by atoms with Gasteiger partial charge in [-0.1, -0.05) is 16.8 Å². The predicted octanol–water partition coefficient (Wildman–Crippen LogP) is 2.36. The van der Waals surface area contributed by atoms with Gasteiger partial charge in [0.1, 0.15) is 0 Å². The zero-order valence-corrected chi connectivity index (χ0v) is 9.85. The second-order valence-electron chi connectivity index (χ2n) is 3.59. The van der Waals surface area contributed by atoms with E-state index in [1.807, 2.05) is 0 Å². The second-order valence-corrected chi connectivity index (χ2v) is 4.03. The molecule has 0 unspecified atom stereocenters. The minimum atomic E-state index is 0.329. The van der Waals surface area contributed by atoms with Gasteiger partial charge in [0.2, 0.25) is 5.82 Å². The van der Waals surface area contributed by atoms with Crippen molar-refractivity contribution in [1.29, 1.82) is 0 Å². The number of imidazole rings is 1. The van der Waals surface area contributed by atoms with E-state index in [1.54, 1.807) is 30.6 Å². The van der Waals surface area contributed by atoms with E-state index < -0.39 is 0 Å². The first-order chi connectivity index (χ1) is 8.74. The molecule has 0 aliphatic heterocycles. The number of halogens is 1. The first kappa shape index (κ1) is 10.8. The van der Waals surface area contributed by atoms with Crippen LogP contribution in [-0.2, 0) is 0 Å². The number of aromatic amines is 1. The van der Waals surface area contributed by atoms with Gasteiger partial charge in [0.05, 0.1) is 5.56 Å². The molecule has 18 heavy (non-hydrogen) atoms. The molecule has 7 heteroatoms. The molecule has 0 fully saturated rings. The Morgan fingerprint density at radius 3 is 2.94 bits per heavy atom. The molecule has 3 rings (SSSR count). The molecule has 6 nitrogen and oxygen atoms in total. The van der Waals surface area contributed by atoms with Gasteiger partial charge in [0.15, 0.2) is 5.82 Å². The number of anilines is 1. The number of rotatable bonds is 2. The summed E-state index contributed by atoms with van der Waals surface area (Å²) in [6.45, 7) is 0. The smallest absolute Gasteiger partial charge is 0.260 e. The maximum absolute atomic E-state index is 5.85. The van der Waals surface area contributed by atoms with E-state index in [0.717, 1.165) is 0 Å². The number of aromatic nitrogens is 4. The number of hydrogen-bond donors (Lipinski definition) is 2. The molecule has 3 N–H and O–H groups in total. The monoisotopic (exact) mass is 261 g/mol. The van der Waals surface area contributed by atoms with Crippen molar-refractivity contribution in [2.24, 2.45) is 0 Å². The summed E-state index contributed by atoms with van der Waals surface area (Å²) in [6.07, 6.45) is 3.30. The highest BCUT2D eigenvalue weighted by molar-refractivity contribution is 6.31. The zero-order chi connectivity index (χ0) is 12.5. The fourth-order valence-electron chi connectivity index (χ4n) is 1.54. The summed E-state index contributed by atoms with van der Waals surface area (Å²) in [6, 6.07) is 5.08. The highest BCUT2D eigenvalue weighted by Crippen LogP contribution is 2.28. The molecule has 1 aromatic carbocycles. The molecule has 3 aromatic rings. The maximum atomic E-state index is 5.85. The largest absolute Gasteiger partial charge is 0.398 e. The predicted molar refractivity (Wildman–Crippen MR) is 66.7 cm³/mol. The van der Waals surface area contributed by atoms with Gasteiger partial charge in [0, 0.05) is 23.1 Å². The minimum Gasteiger partial charge on any atom is -0.398 e. The molecule has 0 aliphatic carbocycles. The van der Waals surface area contributed by atoms with Crippen LogP contribution < -0.4 is 5.73 Å². The van der Waals surface area contributed by atoms with Crippen LogP contribution >= 0.6 is 11.6 Å². The lowest BCUT2D eigenvalue weighted by Crippen LogP contribution is -1.90. The molecule has 0 amide bonds. The lowest BCUT2D eigenvalue weighted by molar-refractivity contribution is 0.432. The fraction of sp³-hybridized carbons (Fsp3) is 0. The number of H-pyrrole nitrogens is 1. The Balaban J connectivity index is 2.03. The quantitative estimate of drug-likeness (QED) is 0.691. The Kier molecular flexibility index (Phi) is 2.49. The highest BCUT2D eigenvalue weighted by Gasteiger charge is 2.14. The van der Waals surface area contributed by atoms with Crippen LogP contribution in [-0.4, -0.2) is 20.1 Å². The number of nitrogens with one attached hydrogen (secondary N) is 1. The Bertz CT molecular complexity index is 677. The van der Waals surface area contributed by atoms with E-state index in [2.05, 4.69) is 20.1 Å². The Labute approximate surface area is 107 Å². The lowest BCUT2D eigenvalue weighted by Gasteiger charge is -1.99. The number of nitrogen functional groups attached to an aromatic ring is 1. The molecule has 2 aromatic heterocycles. The van der Waals surface area contributed by atoms with Crippen molar-refractivity contribution in [3.63, 3.8) is 0 Å². The molecule has 0 aliphatic rings. The van der Waals surface area contributed by atoms with Gasteiger partial charge in [-0.25, -0.2) is 4.98 Å². The van der Waals surface area contributed by atoms with Crippen molar-refractivity contribution in [2.75, 3.05) is 5.73 Å². The third kappa shape index (κ3) is 1.82. The Hall–Kier alpha value is -2.34. The van der Waals surface area contributed by atoms with Crippen LogP contribution in [0, 0.1) is 0 Å². The molecule has 90 valence electrons. The van der Waals surface area contributed by atoms with Crippen LogP contribution in [0.2, 0.25) is 5.02 Å².